The Hall–Kier alpha value is -2.32. The fraction of sp³-hybridized carbons (Fsp3) is 0.0952. The third-order valence-electron chi connectivity index (χ3n) is 4.14. The molecule has 9 heteroatoms. The van der Waals surface area contributed by atoms with Gasteiger partial charge in [-0.25, -0.2) is 0 Å². The molecular formula is C21H15Cl2N3O2S2. The third-order valence-corrected chi connectivity index (χ3v) is 6.62. The molecule has 0 saturated heterocycles. The summed E-state index contributed by atoms with van der Waals surface area (Å²) in [7, 11) is 0. The van der Waals surface area contributed by atoms with Crippen molar-refractivity contribution in [3.63, 3.8) is 0 Å². The predicted octanol–water partition coefficient (Wildman–Crippen LogP) is 6.96. The standard InChI is InChI=1S/C21H15Cl2N3O2S2/c1-12-17(10-18(28-12)14-7-15(22)9-16(23)8-14)19(27)24-20-25-26-21(30-20)29-11-13-5-3-2-4-6-13/h2-10H,11H2,1H3,(H,24,25,27). The van der Waals surface area contributed by atoms with Gasteiger partial charge in [0.25, 0.3) is 5.91 Å². The Kier molecular flexibility index (Phi) is 6.43. The Morgan fingerprint density at radius 3 is 2.57 bits per heavy atom. The molecule has 0 radical (unpaired) electrons. The van der Waals surface area contributed by atoms with Crippen LogP contribution in [0.4, 0.5) is 5.13 Å². The fourth-order valence-corrected chi connectivity index (χ4v) is 4.98. The van der Waals surface area contributed by atoms with Crippen LogP contribution in [0.25, 0.3) is 11.3 Å². The molecule has 0 aliphatic rings. The predicted molar refractivity (Wildman–Crippen MR) is 123 cm³/mol. The molecule has 2 heterocycles. The summed E-state index contributed by atoms with van der Waals surface area (Å²) in [5.41, 5.74) is 2.31. The molecule has 0 aliphatic heterocycles. The van der Waals surface area contributed by atoms with Crippen molar-refractivity contribution < 1.29 is 9.21 Å². The highest BCUT2D eigenvalue weighted by Crippen LogP contribution is 2.32. The quantitative estimate of drug-likeness (QED) is 0.241. The average molecular weight is 476 g/mol. The van der Waals surface area contributed by atoms with Gasteiger partial charge in [-0.05, 0) is 36.8 Å². The van der Waals surface area contributed by atoms with Crippen LogP contribution in [-0.2, 0) is 5.75 Å². The van der Waals surface area contributed by atoms with E-state index >= 15 is 0 Å². The summed E-state index contributed by atoms with van der Waals surface area (Å²) in [6, 6.07) is 16.9. The van der Waals surface area contributed by atoms with Gasteiger partial charge in [-0.15, -0.1) is 10.2 Å². The molecule has 0 saturated carbocycles. The zero-order valence-electron chi connectivity index (χ0n) is 15.7. The normalized spacial score (nSPS) is 10.9. The number of amides is 1. The van der Waals surface area contributed by atoms with E-state index in [4.69, 9.17) is 27.6 Å². The summed E-state index contributed by atoms with van der Waals surface area (Å²) in [6.07, 6.45) is 0. The number of nitrogens with one attached hydrogen (secondary N) is 1. The summed E-state index contributed by atoms with van der Waals surface area (Å²) in [5, 5.41) is 12.4. The molecule has 1 N–H and O–H groups in total. The molecule has 5 nitrogen and oxygen atoms in total. The molecule has 0 spiro atoms. The number of carbonyl (C=O) groups excluding carboxylic acids is 1. The first-order chi connectivity index (χ1) is 14.5. The van der Waals surface area contributed by atoms with Crippen molar-refractivity contribution in [2.75, 3.05) is 5.32 Å². The van der Waals surface area contributed by atoms with Gasteiger partial charge in [-0.2, -0.15) is 0 Å². The van der Waals surface area contributed by atoms with Crippen molar-refractivity contribution in [3.8, 4) is 11.3 Å². The average Bonchev–Trinajstić information content (AvgIpc) is 3.33. The number of halogens is 2. The molecule has 4 rings (SSSR count). The molecule has 0 aliphatic carbocycles. The van der Waals surface area contributed by atoms with Crippen LogP contribution in [-0.4, -0.2) is 16.1 Å². The van der Waals surface area contributed by atoms with Gasteiger partial charge in [0, 0.05) is 21.4 Å². The minimum absolute atomic E-state index is 0.314. The monoisotopic (exact) mass is 475 g/mol. The Morgan fingerprint density at radius 1 is 1.10 bits per heavy atom. The maximum Gasteiger partial charge on any atom is 0.261 e. The number of hydrogen-bond acceptors (Lipinski definition) is 6. The molecule has 0 atom stereocenters. The van der Waals surface area contributed by atoms with E-state index < -0.39 is 0 Å². The van der Waals surface area contributed by atoms with Crippen LogP contribution in [0.1, 0.15) is 21.7 Å². The SMILES string of the molecule is Cc1oc(-c2cc(Cl)cc(Cl)c2)cc1C(=O)Nc1nnc(SCc2ccccc2)s1. The number of thioether (sulfide) groups is 1. The van der Waals surface area contributed by atoms with Gasteiger partial charge in [0.15, 0.2) is 4.34 Å². The number of carbonyl (C=O) groups is 1. The lowest BCUT2D eigenvalue weighted by atomic mass is 10.1. The van der Waals surface area contributed by atoms with Gasteiger partial charge in [0.1, 0.15) is 11.5 Å². The number of furan rings is 1. The third kappa shape index (κ3) is 5.05. The molecular weight excluding hydrogens is 461 g/mol. The van der Waals surface area contributed by atoms with E-state index in [1.165, 1.54) is 16.9 Å². The van der Waals surface area contributed by atoms with Crippen molar-refractivity contribution in [2.24, 2.45) is 0 Å². The summed E-state index contributed by atoms with van der Waals surface area (Å²) in [4.78, 5) is 12.7. The first kappa shape index (κ1) is 20.9. The number of aromatic nitrogens is 2. The van der Waals surface area contributed by atoms with Crippen LogP contribution >= 0.6 is 46.3 Å². The van der Waals surface area contributed by atoms with Crippen molar-refractivity contribution in [2.45, 2.75) is 17.0 Å². The summed E-state index contributed by atoms with van der Waals surface area (Å²) in [5.74, 6) is 1.47. The molecule has 2 aromatic carbocycles. The van der Waals surface area contributed by atoms with E-state index in [0.29, 0.717) is 37.8 Å². The minimum Gasteiger partial charge on any atom is -0.461 e. The van der Waals surface area contributed by atoms with Gasteiger partial charge in [0.05, 0.1) is 5.56 Å². The van der Waals surface area contributed by atoms with E-state index in [2.05, 4.69) is 27.6 Å². The molecule has 0 fully saturated rings. The second-order valence-corrected chi connectivity index (χ2v) is 9.41. The Morgan fingerprint density at radius 2 is 1.83 bits per heavy atom. The van der Waals surface area contributed by atoms with E-state index in [1.807, 2.05) is 18.2 Å². The number of benzene rings is 2. The molecule has 2 aromatic heterocycles. The number of anilines is 1. The largest absolute Gasteiger partial charge is 0.461 e. The maximum absolute atomic E-state index is 12.7. The zero-order chi connectivity index (χ0) is 21.1. The van der Waals surface area contributed by atoms with Crippen LogP contribution in [0.2, 0.25) is 10.0 Å². The highest BCUT2D eigenvalue weighted by atomic mass is 35.5. The first-order valence-corrected chi connectivity index (χ1v) is 11.4. The van der Waals surface area contributed by atoms with E-state index in [0.717, 1.165) is 10.1 Å². The van der Waals surface area contributed by atoms with Crippen molar-refractivity contribution in [1.29, 1.82) is 0 Å². The van der Waals surface area contributed by atoms with Crippen molar-refractivity contribution in [1.82, 2.24) is 10.2 Å². The van der Waals surface area contributed by atoms with Crippen LogP contribution < -0.4 is 5.32 Å². The molecule has 4 aromatic rings. The van der Waals surface area contributed by atoms with Gasteiger partial charge < -0.3 is 4.42 Å². The smallest absolute Gasteiger partial charge is 0.261 e. The lowest BCUT2D eigenvalue weighted by Gasteiger charge is -1.99. The highest BCUT2D eigenvalue weighted by Gasteiger charge is 2.18. The van der Waals surface area contributed by atoms with Crippen LogP contribution in [0.15, 0.2) is 63.4 Å². The van der Waals surface area contributed by atoms with Crippen molar-refractivity contribution >= 4 is 57.3 Å². The van der Waals surface area contributed by atoms with Crippen LogP contribution in [0.3, 0.4) is 0 Å². The Bertz CT molecular complexity index is 1170. The first-order valence-electron chi connectivity index (χ1n) is 8.86. The summed E-state index contributed by atoms with van der Waals surface area (Å²) >= 11 is 15.0. The van der Waals surface area contributed by atoms with Gasteiger partial charge >= 0.3 is 0 Å². The molecule has 0 bridgehead atoms. The molecule has 152 valence electrons. The minimum atomic E-state index is -0.314. The van der Waals surface area contributed by atoms with E-state index in [9.17, 15) is 4.79 Å². The zero-order valence-corrected chi connectivity index (χ0v) is 18.8. The van der Waals surface area contributed by atoms with E-state index in [-0.39, 0.29) is 5.91 Å². The molecule has 1 amide bonds. The van der Waals surface area contributed by atoms with Gasteiger partial charge in [-0.1, -0.05) is 76.6 Å². The molecule has 0 unspecified atom stereocenters. The number of rotatable bonds is 6. The second kappa shape index (κ2) is 9.22. The number of hydrogen-bond donors (Lipinski definition) is 1. The molecule has 30 heavy (non-hydrogen) atoms. The summed E-state index contributed by atoms with van der Waals surface area (Å²) < 4.78 is 6.53. The van der Waals surface area contributed by atoms with Crippen LogP contribution in [0, 0.1) is 6.92 Å². The number of aryl methyl sites for hydroxylation is 1. The lowest BCUT2D eigenvalue weighted by Crippen LogP contribution is -2.11. The van der Waals surface area contributed by atoms with Gasteiger partial charge in [-0.3, -0.25) is 10.1 Å². The van der Waals surface area contributed by atoms with Crippen molar-refractivity contribution in [3.05, 3.63) is 81.5 Å². The Balaban J connectivity index is 1.44. The summed E-state index contributed by atoms with van der Waals surface area (Å²) in [6.45, 7) is 1.73. The topological polar surface area (TPSA) is 68.0 Å². The second-order valence-electron chi connectivity index (χ2n) is 6.34. The number of nitrogens with zero attached hydrogens (tertiary/aromatic N) is 2. The van der Waals surface area contributed by atoms with E-state index in [1.54, 1.807) is 43.0 Å². The Labute approximate surface area is 191 Å². The lowest BCUT2D eigenvalue weighted by molar-refractivity contribution is 0.102. The van der Waals surface area contributed by atoms with Crippen LogP contribution in [0.5, 0.6) is 0 Å². The highest BCUT2D eigenvalue weighted by molar-refractivity contribution is 8.00. The van der Waals surface area contributed by atoms with Gasteiger partial charge in [0.2, 0.25) is 5.13 Å². The maximum atomic E-state index is 12.7. The fourth-order valence-electron chi connectivity index (χ4n) is 2.75.